The number of alkyl halides is 2. The molecule has 1 atom stereocenters. The third-order valence-electron chi connectivity index (χ3n) is 6.37. The number of rotatable bonds is 3. The van der Waals surface area contributed by atoms with E-state index in [1.165, 1.54) is 18.6 Å². The zero-order valence-electron chi connectivity index (χ0n) is 19.5. The van der Waals surface area contributed by atoms with Crippen LogP contribution in [0.15, 0.2) is 49.1 Å². The molecule has 3 aromatic heterocycles. The number of hydrogen-bond donors (Lipinski definition) is 1. The number of pyridine rings is 2. The highest BCUT2D eigenvalue weighted by molar-refractivity contribution is 6.03. The molecule has 3 aromatic rings. The quantitative estimate of drug-likeness (QED) is 0.605. The minimum absolute atomic E-state index is 0.127. The van der Waals surface area contributed by atoms with Gasteiger partial charge in [-0.25, -0.2) is 28.5 Å². The fourth-order valence-corrected chi connectivity index (χ4v) is 4.43. The molecular formula is C24H26F2N8O. The number of halogens is 2. The fourth-order valence-electron chi connectivity index (χ4n) is 4.43. The molecule has 0 spiro atoms. The van der Waals surface area contributed by atoms with Crippen molar-refractivity contribution in [2.45, 2.75) is 31.7 Å². The van der Waals surface area contributed by atoms with E-state index in [1.807, 2.05) is 26.1 Å². The highest BCUT2D eigenvalue weighted by Gasteiger charge is 2.39. The molecule has 0 radical (unpaired) electrons. The van der Waals surface area contributed by atoms with Crippen LogP contribution in [0.25, 0.3) is 11.3 Å². The van der Waals surface area contributed by atoms with Gasteiger partial charge in [0.1, 0.15) is 5.82 Å². The summed E-state index contributed by atoms with van der Waals surface area (Å²) in [4.78, 5) is 36.0. The topological polar surface area (TPSA) is 90.4 Å². The number of amides is 2. The predicted octanol–water partition coefficient (Wildman–Crippen LogP) is 4.05. The Balaban J connectivity index is 1.50. The molecule has 2 aliphatic heterocycles. The summed E-state index contributed by atoms with van der Waals surface area (Å²) in [6.45, 7) is 2.64. The Labute approximate surface area is 201 Å². The summed E-state index contributed by atoms with van der Waals surface area (Å²) in [6, 6.07) is 6.89. The average molecular weight is 481 g/mol. The van der Waals surface area contributed by atoms with Crippen molar-refractivity contribution in [3.8, 4) is 11.3 Å². The van der Waals surface area contributed by atoms with E-state index in [1.54, 1.807) is 28.1 Å². The van der Waals surface area contributed by atoms with E-state index in [9.17, 15) is 13.6 Å². The van der Waals surface area contributed by atoms with Gasteiger partial charge in [0.15, 0.2) is 11.6 Å². The summed E-state index contributed by atoms with van der Waals surface area (Å²) < 4.78 is 27.5. The summed E-state index contributed by atoms with van der Waals surface area (Å²) in [5, 5.41) is 2.81. The second kappa shape index (κ2) is 9.05. The van der Waals surface area contributed by atoms with Crippen LogP contribution in [0.4, 0.5) is 36.7 Å². The molecule has 0 aliphatic carbocycles. The molecule has 0 aromatic carbocycles. The summed E-state index contributed by atoms with van der Waals surface area (Å²) in [5.41, 5.74) is 2.18. The lowest BCUT2D eigenvalue weighted by Gasteiger charge is -2.28. The van der Waals surface area contributed by atoms with Crippen LogP contribution >= 0.6 is 0 Å². The third kappa shape index (κ3) is 4.71. The Morgan fingerprint density at radius 3 is 2.74 bits per heavy atom. The van der Waals surface area contributed by atoms with Gasteiger partial charge in [0.25, 0.3) is 5.92 Å². The minimum atomic E-state index is -2.71. The molecule has 35 heavy (non-hydrogen) atoms. The van der Waals surface area contributed by atoms with Crippen molar-refractivity contribution < 1.29 is 13.6 Å². The molecule has 0 bridgehead atoms. The van der Waals surface area contributed by atoms with Gasteiger partial charge in [-0.3, -0.25) is 15.2 Å². The maximum atomic E-state index is 13.7. The maximum Gasteiger partial charge on any atom is 0.329 e. The van der Waals surface area contributed by atoms with E-state index >= 15 is 0 Å². The Bertz CT molecular complexity index is 1230. The van der Waals surface area contributed by atoms with Crippen molar-refractivity contribution in [3.63, 3.8) is 0 Å². The lowest BCUT2D eigenvalue weighted by atomic mass is 10.1. The lowest BCUT2D eigenvalue weighted by molar-refractivity contribution is 0.0256. The van der Waals surface area contributed by atoms with Gasteiger partial charge in [-0.1, -0.05) is 0 Å². The highest BCUT2D eigenvalue weighted by atomic mass is 19.3. The molecule has 182 valence electrons. The first-order chi connectivity index (χ1) is 16.8. The second-order valence-electron chi connectivity index (χ2n) is 8.92. The SMILES string of the molecule is C[C@@H]1CCN(C)c2ccc(-c3ccnc(N4CCC(F)(F)C4)c3)nc2N1C(=O)Nc1cnccn1. The standard InChI is InChI=1S/C24H26F2N8O/c1-16-6-11-32(2)19-4-3-18(17-5-8-29-21(13-17)33-12-7-24(25,26)15-33)30-22(19)34(16)23(35)31-20-14-27-9-10-28-20/h3-5,8-10,13-14,16H,6-7,11-12,15H2,1-2H3,(H,28,31,35)/t16-/m1/s1. The number of anilines is 4. The smallest absolute Gasteiger partial charge is 0.329 e. The number of aromatic nitrogens is 4. The first-order valence-electron chi connectivity index (χ1n) is 11.5. The van der Waals surface area contributed by atoms with E-state index in [0.29, 0.717) is 23.1 Å². The van der Waals surface area contributed by atoms with E-state index < -0.39 is 5.92 Å². The number of nitrogens with zero attached hydrogens (tertiary/aromatic N) is 7. The van der Waals surface area contributed by atoms with Crippen LogP contribution in [0.1, 0.15) is 19.8 Å². The highest BCUT2D eigenvalue weighted by Crippen LogP contribution is 2.36. The van der Waals surface area contributed by atoms with Crippen molar-refractivity contribution in [2.24, 2.45) is 0 Å². The normalized spacial score (nSPS) is 19.3. The van der Waals surface area contributed by atoms with Crippen LogP contribution in [0.3, 0.4) is 0 Å². The lowest BCUT2D eigenvalue weighted by Crippen LogP contribution is -2.42. The molecule has 5 heterocycles. The van der Waals surface area contributed by atoms with Crippen molar-refractivity contribution >= 4 is 29.2 Å². The maximum absolute atomic E-state index is 13.7. The van der Waals surface area contributed by atoms with Crippen molar-refractivity contribution in [1.29, 1.82) is 0 Å². The van der Waals surface area contributed by atoms with E-state index in [-0.39, 0.29) is 31.6 Å². The third-order valence-corrected chi connectivity index (χ3v) is 6.37. The summed E-state index contributed by atoms with van der Waals surface area (Å²) in [6.07, 6.45) is 6.69. The number of urea groups is 1. The van der Waals surface area contributed by atoms with E-state index in [4.69, 9.17) is 4.98 Å². The number of carbonyl (C=O) groups is 1. The minimum Gasteiger partial charge on any atom is -0.372 e. The molecule has 9 nitrogen and oxygen atoms in total. The monoisotopic (exact) mass is 480 g/mol. The first-order valence-corrected chi connectivity index (χ1v) is 11.5. The molecule has 5 rings (SSSR count). The van der Waals surface area contributed by atoms with Crippen molar-refractivity contribution in [2.75, 3.05) is 46.7 Å². The van der Waals surface area contributed by atoms with Crippen LogP contribution < -0.4 is 20.0 Å². The van der Waals surface area contributed by atoms with Gasteiger partial charge in [-0.2, -0.15) is 0 Å². The number of hydrogen-bond acceptors (Lipinski definition) is 7. The van der Waals surface area contributed by atoms with E-state index in [2.05, 4.69) is 25.2 Å². The Morgan fingerprint density at radius 1 is 1.14 bits per heavy atom. The molecule has 1 fully saturated rings. The molecule has 0 saturated carbocycles. The van der Waals surface area contributed by atoms with Gasteiger partial charge in [-0.05, 0) is 37.6 Å². The van der Waals surface area contributed by atoms with Gasteiger partial charge in [-0.15, -0.1) is 0 Å². The van der Waals surface area contributed by atoms with Crippen LogP contribution in [-0.4, -0.2) is 64.6 Å². The van der Waals surface area contributed by atoms with Crippen molar-refractivity contribution in [3.05, 3.63) is 49.1 Å². The zero-order valence-corrected chi connectivity index (χ0v) is 19.5. The van der Waals surface area contributed by atoms with Crippen LogP contribution in [0.2, 0.25) is 0 Å². The molecule has 1 N–H and O–H groups in total. The van der Waals surface area contributed by atoms with Crippen LogP contribution in [0, 0.1) is 0 Å². The molecule has 0 unspecified atom stereocenters. The van der Waals surface area contributed by atoms with Gasteiger partial charge in [0, 0.05) is 56.8 Å². The van der Waals surface area contributed by atoms with Gasteiger partial charge < -0.3 is 9.80 Å². The number of carbonyl (C=O) groups excluding carboxylic acids is 1. The fraction of sp³-hybridized carbons (Fsp3) is 0.375. The Hall–Kier alpha value is -3.89. The van der Waals surface area contributed by atoms with Gasteiger partial charge in [0.05, 0.1) is 24.1 Å². The Kier molecular flexibility index (Phi) is 5.91. The number of nitrogens with one attached hydrogen (secondary N) is 1. The summed E-state index contributed by atoms with van der Waals surface area (Å²) in [5.74, 6) is -1.36. The number of fused-ring (bicyclic) bond motifs is 1. The molecular weight excluding hydrogens is 454 g/mol. The molecule has 2 amide bonds. The summed E-state index contributed by atoms with van der Waals surface area (Å²) in [7, 11) is 1.97. The van der Waals surface area contributed by atoms with Crippen LogP contribution in [0.5, 0.6) is 0 Å². The Morgan fingerprint density at radius 2 is 2.00 bits per heavy atom. The zero-order chi connectivity index (χ0) is 24.6. The molecule has 2 aliphatic rings. The second-order valence-corrected chi connectivity index (χ2v) is 8.92. The largest absolute Gasteiger partial charge is 0.372 e. The molecule has 1 saturated heterocycles. The van der Waals surface area contributed by atoms with E-state index in [0.717, 1.165) is 24.2 Å². The van der Waals surface area contributed by atoms with Gasteiger partial charge in [0.2, 0.25) is 0 Å². The predicted molar refractivity (Wildman–Crippen MR) is 130 cm³/mol. The molecule has 11 heteroatoms. The van der Waals surface area contributed by atoms with Crippen molar-refractivity contribution in [1.82, 2.24) is 19.9 Å². The summed E-state index contributed by atoms with van der Waals surface area (Å²) >= 11 is 0. The average Bonchev–Trinajstić information content (AvgIpc) is 3.17. The van der Waals surface area contributed by atoms with Gasteiger partial charge >= 0.3 is 6.03 Å². The first kappa shape index (κ1) is 22.9. The van der Waals surface area contributed by atoms with Crippen LogP contribution in [-0.2, 0) is 0 Å².